The molecule has 1 fully saturated rings. The third kappa shape index (κ3) is 2.69. The molecule has 4 nitrogen and oxygen atoms in total. The lowest BCUT2D eigenvalue weighted by atomic mass is 10.0. The van der Waals surface area contributed by atoms with E-state index in [4.69, 9.17) is 5.26 Å². The molecule has 1 N–H and O–H groups in total. The fourth-order valence-corrected chi connectivity index (χ4v) is 2.22. The van der Waals surface area contributed by atoms with Gasteiger partial charge in [0.15, 0.2) is 0 Å². The predicted octanol–water partition coefficient (Wildman–Crippen LogP) is 1.38. The van der Waals surface area contributed by atoms with E-state index in [2.05, 4.69) is 11.4 Å². The van der Waals surface area contributed by atoms with Crippen molar-refractivity contribution in [1.82, 2.24) is 10.2 Å². The van der Waals surface area contributed by atoms with E-state index in [1.165, 1.54) is 0 Å². The van der Waals surface area contributed by atoms with Gasteiger partial charge in [-0.2, -0.15) is 5.26 Å². The summed E-state index contributed by atoms with van der Waals surface area (Å²) < 4.78 is 0. The molecule has 2 rings (SSSR count). The zero-order valence-electron chi connectivity index (χ0n) is 10.5. The van der Waals surface area contributed by atoms with Gasteiger partial charge in [-0.1, -0.05) is 0 Å². The Morgan fingerprint density at radius 3 is 2.72 bits per heavy atom. The molecule has 1 amide bonds. The van der Waals surface area contributed by atoms with Crippen molar-refractivity contribution in [2.75, 3.05) is 20.1 Å². The molecule has 1 aromatic carbocycles. The maximum Gasteiger partial charge on any atom is 0.253 e. The summed E-state index contributed by atoms with van der Waals surface area (Å²) >= 11 is 0. The monoisotopic (exact) mass is 243 g/mol. The minimum Gasteiger partial charge on any atom is -0.337 e. The van der Waals surface area contributed by atoms with Gasteiger partial charge in [0.1, 0.15) is 0 Å². The summed E-state index contributed by atoms with van der Waals surface area (Å²) in [4.78, 5) is 14.1. The molecule has 1 aliphatic heterocycles. The molecule has 1 saturated heterocycles. The van der Waals surface area contributed by atoms with Crippen molar-refractivity contribution in [1.29, 1.82) is 5.26 Å². The number of nitriles is 1. The van der Waals surface area contributed by atoms with Crippen LogP contribution in [0.2, 0.25) is 0 Å². The van der Waals surface area contributed by atoms with Gasteiger partial charge < -0.3 is 10.2 Å². The number of hydrogen-bond acceptors (Lipinski definition) is 3. The van der Waals surface area contributed by atoms with Gasteiger partial charge in [0.25, 0.3) is 5.91 Å². The van der Waals surface area contributed by atoms with Crippen LogP contribution in [-0.4, -0.2) is 37.0 Å². The first-order valence-corrected chi connectivity index (χ1v) is 6.20. The maximum absolute atomic E-state index is 12.3. The van der Waals surface area contributed by atoms with Crippen LogP contribution >= 0.6 is 0 Å². The third-order valence-electron chi connectivity index (χ3n) is 3.40. The van der Waals surface area contributed by atoms with Crippen LogP contribution in [0.15, 0.2) is 24.3 Å². The normalized spacial score (nSPS) is 19.0. The van der Waals surface area contributed by atoms with Crippen molar-refractivity contribution >= 4 is 5.91 Å². The lowest BCUT2D eigenvalue weighted by Crippen LogP contribution is -2.46. The van der Waals surface area contributed by atoms with Crippen LogP contribution < -0.4 is 5.32 Å². The van der Waals surface area contributed by atoms with Gasteiger partial charge in [-0.3, -0.25) is 4.79 Å². The Morgan fingerprint density at radius 2 is 2.17 bits per heavy atom. The van der Waals surface area contributed by atoms with Crippen LogP contribution in [0.5, 0.6) is 0 Å². The third-order valence-corrected chi connectivity index (χ3v) is 3.40. The van der Waals surface area contributed by atoms with Gasteiger partial charge in [-0.05, 0) is 43.7 Å². The number of piperidine rings is 1. The number of rotatable bonds is 2. The Kier molecular flexibility index (Phi) is 3.96. The summed E-state index contributed by atoms with van der Waals surface area (Å²) in [6, 6.07) is 9.11. The Balaban J connectivity index is 2.07. The van der Waals surface area contributed by atoms with E-state index in [0.29, 0.717) is 11.1 Å². The SMILES string of the molecule is CN(C(=O)c1ccc(C#N)cc1)C1CCCNC1. The van der Waals surface area contributed by atoms with E-state index in [-0.39, 0.29) is 11.9 Å². The van der Waals surface area contributed by atoms with Crippen LogP contribution in [0, 0.1) is 11.3 Å². The second kappa shape index (κ2) is 5.65. The van der Waals surface area contributed by atoms with Crippen molar-refractivity contribution in [3.63, 3.8) is 0 Å². The largest absolute Gasteiger partial charge is 0.337 e. The molecular formula is C14H17N3O. The number of benzene rings is 1. The maximum atomic E-state index is 12.3. The number of amides is 1. The molecule has 0 radical (unpaired) electrons. The Bertz CT molecular complexity index is 455. The molecular weight excluding hydrogens is 226 g/mol. The molecule has 1 atom stereocenters. The quantitative estimate of drug-likeness (QED) is 0.853. The number of hydrogen-bond donors (Lipinski definition) is 1. The van der Waals surface area contributed by atoms with Crippen LogP contribution in [-0.2, 0) is 0 Å². The first-order chi connectivity index (χ1) is 8.72. The van der Waals surface area contributed by atoms with Crippen molar-refractivity contribution in [2.24, 2.45) is 0 Å². The molecule has 1 unspecified atom stereocenters. The second-order valence-corrected chi connectivity index (χ2v) is 4.61. The van der Waals surface area contributed by atoms with E-state index in [1.54, 1.807) is 29.2 Å². The molecule has 94 valence electrons. The molecule has 18 heavy (non-hydrogen) atoms. The topological polar surface area (TPSA) is 56.1 Å². The van der Waals surface area contributed by atoms with Crippen molar-refractivity contribution in [3.8, 4) is 6.07 Å². The van der Waals surface area contributed by atoms with Crippen LogP contribution in [0.3, 0.4) is 0 Å². The summed E-state index contributed by atoms with van der Waals surface area (Å²) in [5, 5.41) is 12.0. The van der Waals surface area contributed by atoms with E-state index >= 15 is 0 Å². The zero-order valence-corrected chi connectivity index (χ0v) is 10.5. The van der Waals surface area contributed by atoms with Gasteiger partial charge in [0.05, 0.1) is 11.6 Å². The minimum absolute atomic E-state index is 0.0215. The van der Waals surface area contributed by atoms with E-state index in [0.717, 1.165) is 25.9 Å². The lowest BCUT2D eigenvalue weighted by Gasteiger charge is -2.31. The number of likely N-dealkylation sites (N-methyl/N-ethyl adjacent to an activating group) is 1. The summed E-state index contributed by atoms with van der Waals surface area (Å²) in [7, 11) is 1.85. The smallest absolute Gasteiger partial charge is 0.253 e. The standard InChI is InChI=1S/C14H17N3O/c1-17(13-3-2-8-16-10-13)14(18)12-6-4-11(9-15)5-7-12/h4-7,13,16H,2-3,8,10H2,1H3. The average Bonchev–Trinajstić information content (AvgIpc) is 2.47. The molecule has 4 heteroatoms. The van der Waals surface area contributed by atoms with E-state index in [9.17, 15) is 4.79 Å². The highest BCUT2D eigenvalue weighted by molar-refractivity contribution is 5.94. The van der Waals surface area contributed by atoms with Crippen molar-refractivity contribution in [3.05, 3.63) is 35.4 Å². The van der Waals surface area contributed by atoms with Gasteiger partial charge in [0.2, 0.25) is 0 Å². The summed E-state index contributed by atoms with van der Waals surface area (Å²) in [5.41, 5.74) is 1.22. The van der Waals surface area contributed by atoms with Gasteiger partial charge in [-0.25, -0.2) is 0 Å². The van der Waals surface area contributed by atoms with Crippen molar-refractivity contribution < 1.29 is 4.79 Å². The molecule has 1 aliphatic rings. The Hall–Kier alpha value is -1.86. The highest BCUT2D eigenvalue weighted by Gasteiger charge is 2.22. The number of carbonyl (C=O) groups excluding carboxylic acids is 1. The minimum atomic E-state index is 0.0215. The van der Waals surface area contributed by atoms with Crippen molar-refractivity contribution in [2.45, 2.75) is 18.9 Å². The molecule has 0 aromatic heterocycles. The fourth-order valence-electron chi connectivity index (χ4n) is 2.22. The summed E-state index contributed by atoms with van der Waals surface area (Å²) in [5.74, 6) is 0.0215. The molecule has 1 aromatic rings. The first-order valence-electron chi connectivity index (χ1n) is 6.20. The highest BCUT2D eigenvalue weighted by atomic mass is 16.2. The Labute approximate surface area is 107 Å². The van der Waals surface area contributed by atoms with Crippen LogP contribution in [0.1, 0.15) is 28.8 Å². The van der Waals surface area contributed by atoms with E-state index < -0.39 is 0 Å². The van der Waals surface area contributed by atoms with Gasteiger partial charge in [0, 0.05) is 25.2 Å². The number of nitrogens with one attached hydrogen (secondary N) is 1. The van der Waals surface area contributed by atoms with E-state index in [1.807, 2.05) is 7.05 Å². The molecule has 0 saturated carbocycles. The molecule has 0 bridgehead atoms. The molecule has 0 aliphatic carbocycles. The van der Waals surface area contributed by atoms with Gasteiger partial charge in [-0.15, -0.1) is 0 Å². The summed E-state index contributed by atoms with van der Waals surface area (Å²) in [6.07, 6.45) is 2.15. The number of nitrogens with zero attached hydrogens (tertiary/aromatic N) is 2. The highest BCUT2D eigenvalue weighted by Crippen LogP contribution is 2.13. The molecule has 1 heterocycles. The lowest BCUT2D eigenvalue weighted by molar-refractivity contribution is 0.0708. The Morgan fingerprint density at radius 1 is 1.44 bits per heavy atom. The number of carbonyl (C=O) groups is 1. The fraction of sp³-hybridized carbons (Fsp3) is 0.429. The van der Waals surface area contributed by atoms with Crippen LogP contribution in [0.4, 0.5) is 0 Å². The molecule has 0 spiro atoms. The van der Waals surface area contributed by atoms with Gasteiger partial charge >= 0.3 is 0 Å². The second-order valence-electron chi connectivity index (χ2n) is 4.61. The zero-order chi connectivity index (χ0) is 13.0. The average molecular weight is 243 g/mol. The predicted molar refractivity (Wildman–Crippen MR) is 69.1 cm³/mol. The van der Waals surface area contributed by atoms with Crippen LogP contribution in [0.25, 0.3) is 0 Å². The summed E-state index contributed by atoms with van der Waals surface area (Å²) in [6.45, 7) is 1.90. The first kappa shape index (κ1) is 12.6.